The van der Waals surface area contributed by atoms with E-state index in [2.05, 4.69) is 21.3 Å². The topological polar surface area (TPSA) is 42.2 Å². The molecule has 0 aliphatic rings. The van der Waals surface area contributed by atoms with Gasteiger partial charge in [0.05, 0.1) is 5.54 Å². The first-order chi connectivity index (χ1) is 7.11. The zero-order valence-corrected chi connectivity index (χ0v) is 8.73. The molecule has 76 valence electrons. The molecule has 2 heterocycles. The summed E-state index contributed by atoms with van der Waals surface area (Å²) in [6.45, 7) is 3.80. The average Bonchev–Trinajstić information content (AvgIpc) is 2.58. The highest BCUT2D eigenvalue weighted by atomic mass is 15.3. The molecule has 0 spiro atoms. The Bertz CT molecular complexity index is 486. The normalized spacial score (nSPS) is 11.3. The lowest BCUT2D eigenvalue weighted by Crippen LogP contribution is -2.29. The van der Waals surface area contributed by atoms with Gasteiger partial charge in [0, 0.05) is 6.20 Å². The van der Waals surface area contributed by atoms with E-state index in [4.69, 9.17) is 6.42 Å². The number of nitrogens with one attached hydrogen (secondary N) is 1. The molecule has 0 saturated heterocycles. The summed E-state index contributed by atoms with van der Waals surface area (Å²) in [7, 11) is 0. The Hall–Kier alpha value is -2.02. The third-order valence-corrected chi connectivity index (χ3v) is 2.03. The molecular formula is C11H12N4. The van der Waals surface area contributed by atoms with Crippen molar-refractivity contribution in [1.82, 2.24) is 14.6 Å². The van der Waals surface area contributed by atoms with Crippen LogP contribution >= 0.6 is 0 Å². The lowest BCUT2D eigenvalue weighted by molar-refractivity contribution is 0.728. The minimum absolute atomic E-state index is 0.440. The van der Waals surface area contributed by atoms with Crippen LogP contribution in [0.5, 0.6) is 0 Å². The SMILES string of the molecule is C#CC(C)(C)Nc1nc2ccccn2n1. The predicted molar refractivity (Wildman–Crippen MR) is 59.5 cm³/mol. The zero-order valence-electron chi connectivity index (χ0n) is 8.73. The Morgan fingerprint density at radius 3 is 2.93 bits per heavy atom. The Kier molecular flexibility index (Phi) is 2.09. The second-order valence-corrected chi connectivity index (χ2v) is 3.83. The number of nitrogens with zero attached hydrogens (tertiary/aromatic N) is 3. The van der Waals surface area contributed by atoms with E-state index in [9.17, 15) is 0 Å². The van der Waals surface area contributed by atoms with Crippen LogP contribution in [0, 0.1) is 12.3 Å². The molecule has 0 radical (unpaired) electrons. The quantitative estimate of drug-likeness (QED) is 0.748. The molecule has 1 N–H and O–H groups in total. The summed E-state index contributed by atoms with van der Waals surface area (Å²) in [5.74, 6) is 3.18. The van der Waals surface area contributed by atoms with Crippen molar-refractivity contribution in [2.45, 2.75) is 19.4 Å². The molecule has 0 aliphatic carbocycles. The molecule has 0 aliphatic heterocycles. The molecule has 2 rings (SSSR count). The van der Waals surface area contributed by atoms with Crippen LogP contribution in [0.25, 0.3) is 5.65 Å². The van der Waals surface area contributed by atoms with Crippen molar-refractivity contribution in [3.63, 3.8) is 0 Å². The van der Waals surface area contributed by atoms with E-state index in [0.717, 1.165) is 5.65 Å². The van der Waals surface area contributed by atoms with Crippen molar-refractivity contribution >= 4 is 11.6 Å². The van der Waals surface area contributed by atoms with Crippen LogP contribution in [0.1, 0.15) is 13.8 Å². The largest absolute Gasteiger partial charge is 0.337 e. The van der Waals surface area contributed by atoms with Crippen LogP contribution < -0.4 is 5.32 Å². The van der Waals surface area contributed by atoms with Crippen molar-refractivity contribution in [2.24, 2.45) is 0 Å². The van der Waals surface area contributed by atoms with Crippen molar-refractivity contribution < 1.29 is 0 Å². The minimum atomic E-state index is -0.440. The van der Waals surface area contributed by atoms with Gasteiger partial charge in [0.2, 0.25) is 5.95 Å². The van der Waals surface area contributed by atoms with Gasteiger partial charge in [0.15, 0.2) is 5.65 Å². The molecule has 4 nitrogen and oxygen atoms in total. The smallest absolute Gasteiger partial charge is 0.244 e. The van der Waals surface area contributed by atoms with Gasteiger partial charge in [-0.1, -0.05) is 12.0 Å². The number of hydrogen-bond acceptors (Lipinski definition) is 3. The summed E-state index contributed by atoms with van der Waals surface area (Å²) in [4.78, 5) is 4.29. The van der Waals surface area contributed by atoms with E-state index in [1.54, 1.807) is 4.52 Å². The van der Waals surface area contributed by atoms with Crippen LogP contribution in [0.15, 0.2) is 24.4 Å². The van der Waals surface area contributed by atoms with Crippen molar-refractivity contribution in [1.29, 1.82) is 0 Å². The second kappa shape index (κ2) is 3.28. The second-order valence-electron chi connectivity index (χ2n) is 3.83. The Labute approximate surface area is 88.3 Å². The maximum Gasteiger partial charge on any atom is 0.244 e. The van der Waals surface area contributed by atoms with Crippen LogP contribution in [0.4, 0.5) is 5.95 Å². The van der Waals surface area contributed by atoms with Gasteiger partial charge in [-0.2, -0.15) is 4.98 Å². The molecule has 4 heteroatoms. The van der Waals surface area contributed by atoms with E-state index < -0.39 is 5.54 Å². The van der Waals surface area contributed by atoms with E-state index in [0.29, 0.717) is 5.95 Å². The van der Waals surface area contributed by atoms with Crippen molar-refractivity contribution in [3.05, 3.63) is 24.4 Å². The van der Waals surface area contributed by atoms with E-state index in [1.165, 1.54) is 0 Å². The summed E-state index contributed by atoms with van der Waals surface area (Å²) in [5.41, 5.74) is 0.359. The number of hydrogen-bond donors (Lipinski definition) is 1. The van der Waals surface area contributed by atoms with Crippen LogP contribution in [0.2, 0.25) is 0 Å². The van der Waals surface area contributed by atoms with Crippen molar-refractivity contribution in [2.75, 3.05) is 5.32 Å². The average molecular weight is 200 g/mol. The van der Waals surface area contributed by atoms with Crippen LogP contribution in [-0.4, -0.2) is 20.1 Å². The molecule has 2 aromatic heterocycles. The molecule has 0 fully saturated rings. The molecule has 2 aromatic rings. The first-order valence-corrected chi connectivity index (χ1v) is 4.68. The summed E-state index contributed by atoms with van der Waals surface area (Å²) in [5, 5.41) is 7.32. The predicted octanol–water partition coefficient (Wildman–Crippen LogP) is 1.55. The Morgan fingerprint density at radius 1 is 1.47 bits per heavy atom. The van der Waals surface area contributed by atoms with Gasteiger partial charge >= 0.3 is 0 Å². The first kappa shape index (κ1) is 9.53. The zero-order chi connectivity index (χ0) is 10.9. The first-order valence-electron chi connectivity index (χ1n) is 4.68. The molecule has 0 saturated carbocycles. The monoisotopic (exact) mass is 200 g/mol. The van der Waals surface area contributed by atoms with Crippen molar-refractivity contribution in [3.8, 4) is 12.3 Å². The number of terminal acetylenes is 1. The molecular weight excluding hydrogens is 188 g/mol. The fraction of sp³-hybridized carbons (Fsp3) is 0.273. The van der Waals surface area contributed by atoms with Gasteiger partial charge in [-0.15, -0.1) is 11.5 Å². The molecule has 0 aromatic carbocycles. The highest BCUT2D eigenvalue weighted by molar-refractivity contribution is 5.45. The molecule has 0 unspecified atom stereocenters. The molecule has 0 amide bonds. The van der Waals surface area contributed by atoms with Gasteiger partial charge in [-0.3, -0.25) is 0 Å². The minimum Gasteiger partial charge on any atom is -0.337 e. The van der Waals surface area contributed by atoms with Crippen LogP contribution in [0.3, 0.4) is 0 Å². The Balaban J connectivity index is 2.35. The summed E-state index contributed by atoms with van der Waals surface area (Å²) >= 11 is 0. The fourth-order valence-electron chi connectivity index (χ4n) is 1.20. The van der Waals surface area contributed by atoms with Gasteiger partial charge in [0.1, 0.15) is 0 Å². The number of aromatic nitrogens is 3. The van der Waals surface area contributed by atoms with Crippen LogP contribution in [-0.2, 0) is 0 Å². The lowest BCUT2D eigenvalue weighted by Gasteiger charge is -2.17. The third-order valence-electron chi connectivity index (χ3n) is 2.03. The van der Waals surface area contributed by atoms with E-state index in [1.807, 2.05) is 38.2 Å². The molecule has 15 heavy (non-hydrogen) atoms. The summed E-state index contributed by atoms with van der Waals surface area (Å²) < 4.78 is 1.70. The molecule has 0 bridgehead atoms. The van der Waals surface area contributed by atoms with E-state index >= 15 is 0 Å². The maximum absolute atomic E-state index is 5.37. The number of rotatable bonds is 2. The van der Waals surface area contributed by atoms with Gasteiger partial charge in [-0.05, 0) is 26.0 Å². The lowest BCUT2D eigenvalue weighted by atomic mass is 10.1. The Morgan fingerprint density at radius 2 is 2.27 bits per heavy atom. The molecule has 0 atom stereocenters. The number of fused-ring (bicyclic) bond motifs is 1. The van der Waals surface area contributed by atoms with E-state index in [-0.39, 0.29) is 0 Å². The highest BCUT2D eigenvalue weighted by Crippen LogP contribution is 2.11. The number of anilines is 1. The fourth-order valence-corrected chi connectivity index (χ4v) is 1.20. The van der Waals surface area contributed by atoms with Gasteiger partial charge < -0.3 is 5.32 Å². The summed E-state index contributed by atoms with van der Waals surface area (Å²) in [6, 6.07) is 5.71. The standard InChI is InChI=1S/C11H12N4/c1-4-11(2,3)13-10-12-9-7-5-6-8-15(9)14-10/h1,5-8H,2-3H3,(H,13,14). The van der Waals surface area contributed by atoms with Gasteiger partial charge in [-0.25, -0.2) is 4.52 Å². The maximum atomic E-state index is 5.37. The summed E-state index contributed by atoms with van der Waals surface area (Å²) in [6.07, 6.45) is 7.22. The van der Waals surface area contributed by atoms with Gasteiger partial charge in [0.25, 0.3) is 0 Å². The number of pyridine rings is 1. The third kappa shape index (κ3) is 1.91. The highest BCUT2D eigenvalue weighted by Gasteiger charge is 2.15.